The molecule has 5 nitrogen and oxygen atoms in total. The number of fused-ring (bicyclic) bond motifs is 5. The van der Waals surface area contributed by atoms with E-state index in [0.717, 1.165) is 32.1 Å². The summed E-state index contributed by atoms with van der Waals surface area (Å²) in [5.74, 6) is 0.550. The molecule has 0 amide bonds. The van der Waals surface area contributed by atoms with E-state index in [9.17, 15) is 14.4 Å². The molecule has 31 heavy (non-hydrogen) atoms. The molecule has 2 saturated carbocycles. The van der Waals surface area contributed by atoms with E-state index < -0.39 is 5.60 Å². The lowest BCUT2D eigenvalue weighted by molar-refractivity contribution is -0.185. The average molecular weight is 429 g/mol. The molecule has 0 aromatic carbocycles. The number of Topliss-reactive ketones (excluding diaryl/α,β-unsaturated/α-hetero) is 1. The van der Waals surface area contributed by atoms with Gasteiger partial charge >= 0.3 is 11.9 Å². The van der Waals surface area contributed by atoms with Gasteiger partial charge in [-0.05, 0) is 87.2 Å². The second kappa shape index (κ2) is 7.31. The quantitative estimate of drug-likeness (QED) is 0.596. The number of ether oxygens (including phenoxy) is 2. The topological polar surface area (TPSA) is 69.7 Å². The SMILES string of the molecule is CC(=O)O[C@H]1C=C2C(C)=C[C@H]3[C@@H](CC[C@@]4(C)[C@@H]3CC[C@@]4(OC(C)=O)C(C)=O)[C@@]2(C)CC1. The first-order valence-electron chi connectivity index (χ1n) is 11.7. The lowest BCUT2D eigenvalue weighted by Crippen LogP contribution is -2.58. The molecule has 4 rings (SSSR count). The van der Waals surface area contributed by atoms with Crippen LogP contribution in [0.5, 0.6) is 0 Å². The third kappa shape index (κ3) is 3.14. The zero-order valence-corrected chi connectivity index (χ0v) is 19.7. The smallest absolute Gasteiger partial charge is 0.303 e. The molecule has 0 heterocycles. The molecule has 0 aromatic rings. The van der Waals surface area contributed by atoms with Crippen LogP contribution in [0, 0.1) is 28.6 Å². The first-order valence-corrected chi connectivity index (χ1v) is 11.7. The molecule has 0 aromatic heterocycles. The average Bonchev–Trinajstić information content (AvgIpc) is 2.96. The molecule has 7 atom stereocenters. The molecular weight excluding hydrogens is 392 g/mol. The van der Waals surface area contributed by atoms with Crippen LogP contribution in [0.2, 0.25) is 0 Å². The lowest BCUT2D eigenvalue weighted by atomic mass is 9.47. The summed E-state index contributed by atoms with van der Waals surface area (Å²) in [6.45, 7) is 11.2. The van der Waals surface area contributed by atoms with Crippen LogP contribution >= 0.6 is 0 Å². The Kier molecular flexibility index (Phi) is 5.26. The monoisotopic (exact) mass is 428 g/mol. The Balaban J connectivity index is 1.73. The third-order valence-electron chi connectivity index (χ3n) is 9.26. The van der Waals surface area contributed by atoms with Gasteiger partial charge in [0.15, 0.2) is 11.4 Å². The first kappa shape index (κ1) is 22.3. The predicted octanol–water partition coefficient (Wildman–Crippen LogP) is 4.94. The van der Waals surface area contributed by atoms with Crippen LogP contribution in [0.4, 0.5) is 0 Å². The van der Waals surface area contributed by atoms with Crippen LogP contribution in [0.3, 0.4) is 0 Å². The summed E-state index contributed by atoms with van der Waals surface area (Å²) in [6, 6.07) is 0. The fourth-order valence-corrected chi connectivity index (χ4v) is 7.92. The summed E-state index contributed by atoms with van der Waals surface area (Å²) in [7, 11) is 0. The van der Waals surface area contributed by atoms with Crippen molar-refractivity contribution in [2.75, 3.05) is 0 Å². The Morgan fingerprint density at radius 2 is 1.58 bits per heavy atom. The standard InChI is InChI=1S/C26H36O5/c1-15-13-20-21(24(5)10-7-19(14-23(15)24)30-17(3)28)8-11-25(6)22(20)9-12-26(25,16(2)27)31-18(4)29/h13-14,19-22H,7-12H2,1-6H3/t19-,20+,21-,22-,24-,25+,26-/m1/s1. The summed E-state index contributed by atoms with van der Waals surface area (Å²) in [5.41, 5.74) is 1.29. The summed E-state index contributed by atoms with van der Waals surface area (Å²) in [4.78, 5) is 36.3. The Bertz CT molecular complexity index is 884. The van der Waals surface area contributed by atoms with E-state index in [1.807, 2.05) is 0 Å². The number of rotatable bonds is 3. The van der Waals surface area contributed by atoms with Gasteiger partial charge in [0.2, 0.25) is 0 Å². The van der Waals surface area contributed by atoms with E-state index in [-0.39, 0.29) is 34.7 Å². The van der Waals surface area contributed by atoms with Crippen LogP contribution < -0.4 is 0 Å². The molecule has 4 aliphatic rings. The summed E-state index contributed by atoms with van der Waals surface area (Å²) in [6.07, 6.45) is 9.69. The van der Waals surface area contributed by atoms with Gasteiger partial charge in [-0.2, -0.15) is 0 Å². The highest BCUT2D eigenvalue weighted by atomic mass is 16.6. The maximum atomic E-state index is 12.9. The molecule has 4 aliphatic carbocycles. The number of carbonyl (C=O) groups is 3. The normalized spacial score (nSPS) is 43.5. The van der Waals surface area contributed by atoms with Crippen LogP contribution in [-0.2, 0) is 23.9 Å². The minimum atomic E-state index is -1.000. The van der Waals surface area contributed by atoms with Crippen molar-refractivity contribution in [2.45, 2.75) is 91.8 Å². The van der Waals surface area contributed by atoms with Gasteiger partial charge in [-0.15, -0.1) is 0 Å². The van der Waals surface area contributed by atoms with Gasteiger partial charge in [0.25, 0.3) is 0 Å². The molecule has 0 bridgehead atoms. The van der Waals surface area contributed by atoms with Gasteiger partial charge in [0.05, 0.1) is 0 Å². The van der Waals surface area contributed by atoms with Crippen LogP contribution in [0.25, 0.3) is 0 Å². The van der Waals surface area contributed by atoms with Crippen LogP contribution in [-0.4, -0.2) is 29.4 Å². The van der Waals surface area contributed by atoms with Crippen molar-refractivity contribution in [3.05, 3.63) is 23.3 Å². The summed E-state index contributed by atoms with van der Waals surface area (Å²) >= 11 is 0. The van der Waals surface area contributed by atoms with Gasteiger partial charge in [-0.25, -0.2) is 0 Å². The Morgan fingerprint density at radius 1 is 0.903 bits per heavy atom. The largest absolute Gasteiger partial charge is 0.458 e. The second-order valence-electron chi connectivity index (χ2n) is 10.8. The minimum Gasteiger partial charge on any atom is -0.458 e. The zero-order valence-electron chi connectivity index (χ0n) is 19.7. The van der Waals surface area contributed by atoms with E-state index in [1.165, 1.54) is 25.0 Å². The van der Waals surface area contributed by atoms with E-state index in [2.05, 4.69) is 32.9 Å². The Hall–Kier alpha value is -1.91. The number of hydrogen-bond acceptors (Lipinski definition) is 5. The lowest BCUT2D eigenvalue weighted by Gasteiger charge is -2.58. The molecule has 0 saturated heterocycles. The number of esters is 2. The number of hydrogen-bond donors (Lipinski definition) is 0. The van der Waals surface area contributed by atoms with Crippen molar-refractivity contribution in [3.63, 3.8) is 0 Å². The van der Waals surface area contributed by atoms with Crippen molar-refractivity contribution in [1.82, 2.24) is 0 Å². The van der Waals surface area contributed by atoms with E-state index >= 15 is 0 Å². The molecule has 0 unspecified atom stereocenters. The fraction of sp³-hybridized carbons (Fsp3) is 0.731. The molecule has 5 heteroatoms. The molecule has 2 fully saturated rings. The van der Waals surface area contributed by atoms with Gasteiger partial charge in [0.1, 0.15) is 6.10 Å². The molecular formula is C26H36O5. The van der Waals surface area contributed by atoms with Crippen LogP contribution in [0.1, 0.15) is 80.1 Å². The summed E-state index contributed by atoms with van der Waals surface area (Å²) in [5, 5.41) is 0. The fourth-order valence-electron chi connectivity index (χ4n) is 7.92. The van der Waals surface area contributed by atoms with E-state index in [0.29, 0.717) is 24.2 Å². The van der Waals surface area contributed by atoms with Crippen molar-refractivity contribution in [2.24, 2.45) is 28.6 Å². The second-order valence-corrected chi connectivity index (χ2v) is 10.8. The molecule has 0 spiro atoms. The molecule has 0 radical (unpaired) electrons. The maximum absolute atomic E-state index is 12.9. The van der Waals surface area contributed by atoms with Crippen molar-refractivity contribution in [3.8, 4) is 0 Å². The third-order valence-corrected chi connectivity index (χ3v) is 9.26. The number of ketones is 1. The van der Waals surface area contributed by atoms with Gasteiger partial charge in [0, 0.05) is 19.3 Å². The van der Waals surface area contributed by atoms with Gasteiger partial charge in [-0.3, -0.25) is 14.4 Å². The Labute approximate surface area is 185 Å². The van der Waals surface area contributed by atoms with Crippen LogP contribution in [0.15, 0.2) is 23.3 Å². The van der Waals surface area contributed by atoms with Gasteiger partial charge in [-0.1, -0.05) is 25.5 Å². The highest BCUT2D eigenvalue weighted by molar-refractivity contribution is 5.89. The van der Waals surface area contributed by atoms with E-state index in [1.54, 1.807) is 6.92 Å². The molecule has 0 aliphatic heterocycles. The minimum absolute atomic E-state index is 0.0173. The maximum Gasteiger partial charge on any atom is 0.303 e. The van der Waals surface area contributed by atoms with Crippen molar-refractivity contribution >= 4 is 17.7 Å². The summed E-state index contributed by atoms with van der Waals surface area (Å²) < 4.78 is 11.4. The number of allylic oxidation sites excluding steroid dienone is 3. The molecule has 170 valence electrons. The Morgan fingerprint density at radius 3 is 2.19 bits per heavy atom. The first-order chi connectivity index (χ1) is 14.4. The predicted molar refractivity (Wildman–Crippen MR) is 117 cm³/mol. The zero-order chi connectivity index (χ0) is 22.8. The van der Waals surface area contributed by atoms with Gasteiger partial charge < -0.3 is 9.47 Å². The number of carbonyl (C=O) groups excluding carboxylic acids is 3. The van der Waals surface area contributed by atoms with Crippen molar-refractivity contribution in [1.29, 1.82) is 0 Å². The van der Waals surface area contributed by atoms with E-state index in [4.69, 9.17) is 9.47 Å². The highest BCUT2D eigenvalue weighted by Gasteiger charge is 2.67. The molecule has 0 N–H and O–H groups in total. The van der Waals surface area contributed by atoms with Crippen molar-refractivity contribution < 1.29 is 23.9 Å². The highest BCUT2D eigenvalue weighted by Crippen LogP contribution is 2.68.